The maximum atomic E-state index is 12.5. The van der Waals surface area contributed by atoms with E-state index < -0.39 is 0 Å². The highest BCUT2D eigenvalue weighted by Crippen LogP contribution is 2.18. The lowest BCUT2D eigenvalue weighted by molar-refractivity contribution is 0.0469. The lowest BCUT2D eigenvalue weighted by Crippen LogP contribution is -2.10. The third-order valence-corrected chi connectivity index (χ3v) is 4.65. The van der Waals surface area contributed by atoms with E-state index in [4.69, 9.17) is 9.47 Å². The molecule has 0 bridgehead atoms. The first-order chi connectivity index (χ1) is 12.8. The van der Waals surface area contributed by atoms with Crippen LogP contribution in [-0.4, -0.2) is 12.2 Å². The fraction of sp³-hybridized carbons (Fsp3) is 0.136. The van der Waals surface area contributed by atoms with Crippen molar-refractivity contribution in [3.63, 3.8) is 0 Å². The van der Waals surface area contributed by atoms with Crippen LogP contribution in [0.1, 0.15) is 21.5 Å². The van der Waals surface area contributed by atoms with E-state index in [0.29, 0.717) is 12.2 Å². The SMILES string of the molecule is CSc1ccc(COC(=O)c2ccccc2COc2ccccc2)cc1. The molecule has 3 rings (SSSR count). The number of rotatable bonds is 7. The van der Waals surface area contributed by atoms with Gasteiger partial charge in [-0.25, -0.2) is 4.79 Å². The first kappa shape index (κ1) is 18.1. The van der Waals surface area contributed by atoms with E-state index in [-0.39, 0.29) is 12.6 Å². The summed E-state index contributed by atoms with van der Waals surface area (Å²) in [6, 6.07) is 24.9. The van der Waals surface area contributed by atoms with Gasteiger partial charge in [0.2, 0.25) is 0 Å². The van der Waals surface area contributed by atoms with Gasteiger partial charge in [0, 0.05) is 10.5 Å². The topological polar surface area (TPSA) is 35.5 Å². The molecule has 0 aliphatic carbocycles. The summed E-state index contributed by atoms with van der Waals surface area (Å²) in [5.41, 5.74) is 2.30. The first-order valence-electron chi connectivity index (χ1n) is 8.32. The summed E-state index contributed by atoms with van der Waals surface area (Å²) < 4.78 is 11.2. The van der Waals surface area contributed by atoms with Crippen molar-refractivity contribution < 1.29 is 14.3 Å². The van der Waals surface area contributed by atoms with Crippen molar-refractivity contribution >= 4 is 17.7 Å². The maximum absolute atomic E-state index is 12.5. The molecule has 0 saturated heterocycles. The Bertz CT molecular complexity index is 845. The Kier molecular flexibility index (Phi) is 6.34. The Balaban J connectivity index is 1.63. The van der Waals surface area contributed by atoms with E-state index in [9.17, 15) is 4.79 Å². The molecule has 0 unspecified atom stereocenters. The highest BCUT2D eigenvalue weighted by Gasteiger charge is 2.13. The van der Waals surface area contributed by atoms with Crippen molar-refractivity contribution in [1.29, 1.82) is 0 Å². The molecule has 0 heterocycles. The highest BCUT2D eigenvalue weighted by molar-refractivity contribution is 7.98. The van der Waals surface area contributed by atoms with Crippen LogP contribution in [0.5, 0.6) is 5.75 Å². The zero-order chi connectivity index (χ0) is 18.2. The molecule has 26 heavy (non-hydrogen) atoms. The van der Waals surface area contributed by atoms with Crippen molar-refractivity contribution in [3.05, 3.63) is 95.6 Å². The van der Waals surface area contributed by atoms with Gasteiger partial charge in [-0.1, -0.05) is 48.5 Å². The molecule has 0 saturated carbocycles. The predicted octanol–water partition coefficient (Wildman–Crippen LogP) is 5.34. The average molecular weight is 364 g/mol. The molecule has 132 valence electrons. The van der Waals surface area contributed by atoms with Crippen LogP contribution in [0, 0.1) is 0 Å². The molecule has 3 aromatic rings. The van der Waals surface area contributed by atoms with Crippen molar-refractivity contribution in [2.45, 2.75) is 18.1 Å². The smallest absolute Gasteiger partial charge is 0.338 e. The molecule has 0 N–H and O–H groups in total. The Labute approximate surface area is 158 Å². The van der Waals surface area contributed by atoms with Crippen LogP contribution in [0.2, 0.25) is 0 Å². The second-order valence-corrected chi connectivity index (χ2v) is 6.56. The molecule has 0 aliphatic heterocycles. The Morgan fingerprint density at radius 3 is 2.27 bits per heavy atom. The van der Waals surface area contributed by atoms with Gasteiger partial charge >= 0.3 is 5.97 Å². The second kappa shape index (κ2) is 9.11. The third kappa shape index (κ3) is 4.90. The number of benzene rings is 3. The summed E-state index contributed by atoms with van der Waals surface area (Å²) in [6.45, 7) is 0.569. The minimum atomic E-state index is -0.341. The molecular weight excluding hydrogens is 344 g/mol. The molecule has 0 atom stereocenters. The van der Waals surface area contributed by atoms with Gasteiger partial charge in [0.1, 0.15) is 19.0 Å². The van der Waals surface area contributed by atoms with Crippen LogP contribution in [0.15, 0.2) is 83.8 Å². The van der Waals surface area contributed by atoms with Crippen LogP contribution in [0.4, 0.5) is 0 Å². The molecule has 3 aromatic carbocycles. The van der Waals surface area contributed by atoms with Crippen LogP contribution >= 0.6 is 11.8 Å². The number of thioether (sulfide) groups is 1. The van der Waals surface area contributed by atoms with Crippen LogP contribution in [0.25, 0.3) is 0 Å². The number of hydrogen-bond acceptors (Lipinski definition) is 4. The fourth-order valence-electron chi connectivity index (χ4n) is 2.47. The van der Waals surface area contributed by atoms with E-state index in [1.54, 1.807) is 17.8 Å². The summed E-state index contributed by atoms with van der Waals surface area (Å²) >= 11 is 1.68. The van der Waals surface area contributed by atoms with Crippen LogP contribution in [-0.2, 0) is 18.0 Å². The molecule has 0 radical (unpaired) electrons. The minimum absolute atomic E-state index is 0.251. The van der Waals surface area contributed by atoms with E-state index in [0.717, 1.165) is 16.9 Å². The Morgan fingerprint density at radius 1 is 0.846 bits per heavy atom. The van der Waals surface area contributed by atoms with Crippen molar-refractivity contribution in [3.8, 4) is 5.75 Å². The quantitative estimate of drug-likeness (QED) is 0.418. The standard InChI is InChI=1S/C22H20O3S/c1-26-20-13-11-17(12-14-20)15-25-22(23)21-10-6-5-7-18(21)16-24-19-8-3-2-4-9-19/h2-14H,15-16H2,1H3. The van der Waals surface area contributed by atoms with Crippen LogP contribution < -0.4 is 4.74 Å². The van der Waals surface area contributed by atoms with Crippen LogP contribution in [0.3, 0.4) is 0 Å². The molecule has 0 aliphatic rings. The normalized spacial score (nSPS) is 10.3. The molecule has 0 amide bonds. The second-order valence-electron chi connectivity index (χ2n) is 5.68. The van der Waals surface area contributed by atoms with Gasteiger partial charge in [-0.15, -0.1) is 11.8 Å². The monoisotopic (exact) mass is 364 g/mol. The summed E-state index contributed by atoms with van der Waals surface area (Å²) in [5, 5.41) is 0. The van der Waals surface area contributed by atoms with Gasteiger partial charge in [0.15, 0.2) is 0 Å². The number of esters is 1. The lowest BCUT2D eigenvalue weighted by atomic mass is 10.1. The highest BCUT2D eigenvalue weighted by atomic mass is 32.2. The zero-order valence-electron chi connectivity index (χ0n) is 14.6. The summed E-state index contributed by atoms with van der Waals surface area (Å²) in [6.07, 6.45) is 2.03. The van der Waals surface area contributed by atoms with E-state index in [1.165, 1.54) is 4.90 Å². The van der Waals surface area contributed by atoms with Gasteiger partial charge in [0.05, 0.1) is 5.56 Å². The zero-order valence-corrected chi connectivity index (χ0v) is 15.4. The Hall–Kier alpha value is -2.72. The molecule has 0 fully saturated rings. The van der Waals surface area contributed by atoms with Crippen molar-refractivity contribution in [2.24, 2.45) is 0 Å². The first-order valence-corrected chi connectivity index (χ1v) is 9.54. The van der Waals surface area contributed by atoms with Gasteiger partial charge < -0.3 is 9.47 Å². The van der Waals surface area contributed by atoms with Crippen molar-refractivity contribution in [2.75, 3.05) is 6.26 Å². The number of carbonyl (C=O) groups is 1. The van der Waals surface area contributed by atoms with Gasteiger partial charge in [-0.2, -0.15) is 0 Å². The summed E-state index contributed by atoms with van der Waals surface area (Å²) in [7, 11) is 0. The number of para-hydroxylation sites is 1. The number of ether oxygens (including phenoxy) is 2. The summed E-state index contributed by atoms with van der Waals surface area (Å²) in [5.74, 6) is 0.427. The van der Waals surface area contributed by atoms with E-state index >= 15 is 0 Å². The largest absolute Gasteiger partial charge is 0.489 e. The molecular formula is C22H20O3S. The molecule has 4 heteroatoms. The molecule has 0 spiro atoms. The lowest BCUT2D eigenvalue weighted by Gasteiger charge is -2.11. The number of carbonyl (C=O) groups excluding carboxylic acids is 1. The average Bonchev–Trinajstić information content (AvgIpc) is 2.72. The van der Waals surface area contributed by atoms with E-state index in [1.807, 2.05) is 79.1 Å². The molecule has 0 aromatic heterocycles. The number of hydrogen-bond donors (Lipinski definition) is 0. The predicted molar refractivity (Wildman–Crippen MR) is 105 cm³/mol. The Morgan fingerprint density at radius 2 is 1.54 bits per heavy atom. The minimum Gasteiger partial charge on any atom is -0.489 e. The third-order valence-electron chi connectivity index (χ3n) is 3.90. The molecule has 3 nitrogen and oxygen atoms in total. The van der Waals surface area contributed by atoms with Crippen molar-refractivity contribution in [1.82, 2.24) is 0 Å². The van der Waals surface area contributed by atoms with Gasteiger partial charge in [0.25, 0.3) is 0 Å². The maximum Gasteiger partial charge on any atom is 0.338 e. The van der Waals surface area contributed by atoms with Gasteiger partial charge in [-0.05, 0) is 42.2 Å². The van der Waals surface area contributed by atoms with Gasteiger partial charge in [-0.3, -0.25) is 0 Å². The van der Waals surface area contributed by atoms with E-state index in [2.05, 4.69) is 0 Å². The summed E-state index contributed by atoms with van der Waals surface area (Å²) in [4.78, 5) is 13.7. The fourth-order valence-corrected chi connectivity index (χ4v) is 2.88.